The van der Waals surface area contributed by atoms with Crippen molar-refractivity contribution in [1.82, 2.24) is 0 Å². The highest BCUT2D eigenvalue weighted by Crippen LogP contribution is 2.33. The molecule has 0 atom stereocenters. The van der Waals surface area contributed by atoms with E-state index in [0.29, 0.717) is 16.8 Å². The normalized spacial score (nSPS) is 11.5. The molecule has 0 spiro atoms. The average molecular weight is 318 g/mol. The maximum Gasteiger partial charge on any atom is 0.416 e. The van der Waals surface area contributed by atoms with Crippen LogP contribution in [0.2, 0.25) is 5.02 Å². The molecule has 2 aromatic carbocycles. The number of rotatable bonds is 3. The number of nitrogens with one attached hydrogen (secondary N) is 1. The van der Waals surface area contributed by atoms with Gasteiger partial charge in [0.25, 0.3) is 0 Å². The minimum absolute atomic E-state index is 0.0155. The van der Waals surface area contributed by atoms with E-state index in [9.17, 15) is 17.6 Å². The van der Waals surface area contributed by atoms with Crippen molar-refractivity contribution in [3.63, 3.8) is 0 Å². The average Bonchev–Trinajstić information content (AvgIpc) is 2.38. The summed E-state index contributed by atoms with van der Waals surface area (Å²) in [5.41, 5.74) is 0.509. The molecule has 0 fully saturated rings. The molecule has 0 saturated carbocycles. The number of aryl methyl sites for hydroxylation is 1. The predicted molar refractivity (Wildman–Crippen MR) is 74.9 cm³/mol. The van der Waals surface area contributed by atoms with Gasteiger partial charge in [0.05, 0.1) is 5.56 Å². The summed E-state index contributed by atoms with van der Waals surface area (Å²) < 4.78 is 51.6. The van der Waals surface area contributed by atoms with Gasteiger partial charge in [0.1, 0.15) is 5.82 Å². The van der Waals surface area contributed by atoms with Gasteiger partial charge in [-0.25, -0.2) is 4.39 Å². The van der Waals surface area contributed by atoms with E-state index in [0.717, 1.165) is 17.7 Å². The fourth-order valence-corrected chi connectivity index (χ4v) is 2.21. The fraction of sp³-hybridized carbons (Fsp3) is 0.200. The van der Waals surface area contributed by atoms with Crippen molar-refractivity contribution in [2.45, 2.75) is 19.6 Å². The standard InChI is InChI=1S/C15H12ClF4N/c1-9-6-11(16)3-5-14(9)21-8-10-2-4-12(17)7-13(10)15(18,19)20/h2-7,21H,8H2,1H3. The van der Waals surface area contributed by atoms with E-state index in [4.69, 9.17) is 11.6 Å². The number of halogens is 5. The van der Waals surface area contributed by atoms with Crippen LogP contribution in [0.15, 0.2) is 36.4 Å². The first kappa shape index (κ1) is 15.6. The molecule has 2 rings (SSSR count). The van der Waals surface area contributed by atoms with E-state index in [1.54, 1.807) is 25.1 Å². The summed E-state index contributed by atoms with van der Waals surface area (Å²) in [6.07, 6.45) is -4.59. The van der Waals surface area contributed by atoms with Gasteiger partial charge in [-0.3, -0.25) is 0 Å². The highest BCUT2D eigenvalue weighted by atomic mass is 35.5. The largest absolute Gasteiger partial charge is 0.416 e. The van der Waals surface area contributed by atoms with Crippen molar-refractivity contribution in [2.75, 3.05) is 5.32 Å². The Hall–Kier alpha value is -1.75. The first-order chi connectivity index (χ1) is 9.77. The lowest BCUT2D eigenvalue weighted by molar-refractivity contribution is -0.138. The van der Waals surface area contributed by atoms with Crippen LogP contribution in [0.4, 0.5) is 23.2 Å². The molecular formula is C15H12ClF4N. The second-order valence-corrected chi connectivity index (χ2v) is 5.05. The van der Waals surface area contributed by atoms with Gasteiger partial charge < -0.3 is 5.32 Å². The van der Waals surface area contributed by atoms with E-state index in [1.807, 2.05) is 0 Å². The zero-order valence-electron chi connectivity index (χ0n) is 11.1. The van der Waals surface area contributed by atoms with Crippen LogP contribution in [0.1, 0.15) is 16.7 Å². The van der Waals surface area contributed by atoms with E-state index in [2.05, 4.69) is 5.32 Å². The van der Waals surface area contributed by atoms with Gasteiger partial charge in [0, 0.05) is 17.3 Å². The summed E-state index contributed by atoms with van der Waals surface area (Å²) in [6.45, 7) is 1.74. The number of hydrogen-bond donors (Lipinski definition) is 1. The van der Waals surface area contributed by atoms with Gasteiger partial charge in [-0.15, -0.1) is 0 Å². The Morgan fingerprint density at radius 1 is 1.10 bits per heavy atom. The van der Waals surface area contributed by atoms with Crippen LogP contribution in [0.5, 0.6) is 0 Å². The highest BCUT2D eigenvalue weighted by molar-refractivity contribution is 6.30. The third-order valence-electron chi connectivity index (χ3n) is 3.04. The van der Waals surface area contributed by atoms with Gasteiger partial charge in [0.15, 0.2) is 0 Å². The molecule has 0 unspecified atom stereocenters. The van der Waals surface area contributed by atoms with E-state index in [1.165, 1.54) is 0 Å². The van der Waals surface area contributed by atoms with Gasteiger partial charge in [-0.05, 0) is 48.4 Å². The van der Waals surface area contributed by atoms with Crippen LogP contribution in [0, 0.1) is 12.7 Å². The third-order valence-corrected chi connectivity index (χ3v) is 3.27. The summed E-state index contributed by atoms with van der Waals surface area (Å²) in [5, 5.41) is 3.46. The molecule has 0 aliphatic heterocycles. The maximum atomic E-state index is 13.0. The topological polar surface area (TPSA) is 12.0 Å². The molecule has 0 saturated heterocycles. The molecule has 1 nitrogen and oxygen atoms in total. The van der Waals surface area contributed by atoms with Crippen molar-refractivity contribution in [3.8, 4) is 0 Å². The minimum atomic E-state index is -4.59. The molecule has 1 N–H and O–H groups in total. The molecule has 6 heteroatoms. The SMILES string of the molecule is Cc1cc(Cl)ccc1NCc1ccc(F)cc1C(F)(F)F. The highest BCUT2D eigenvalue weighted by Gasteiger charge is 2.33. The lowest BCUT2D eigenvalue weighted by Crippen LogP contribution is -2.12. The van der Waals surface area contributed by atoms with E-state index < -0.39 is 17.6 Å². The molecule has 2 aromatic rings. The van der Waals surface area contributed by atoms with Crippen molar-refractivity contribution >= 4 is 17.3 Å². The fourth-order valence-electron chi connectivity index (χ4n) is 1.98. The van der Waals surface area contributed by atoms with Gasteiger partial charge in [0.2, 0.25) is 0 Å². The molecule has 21 heavy (non-hydrogen) atoms. The molecule has 0 aromatic heterocycles. The van der Waals surface area contributed by atoms with Gasteiger partial charge in [-0.2, -0.15) is 13.2 Å². The predicted octanol–water partition coefficient (Wildman–Crippen LogP) is 5.42. The zero-order valence-corrected chi connectivity index (χ0v) is 11.8. The molecule has 0 heterocycles. The molecule has 0 aliphatic carbocycles. The molecule has 0 amide bonds. The number of alkyl halides is 3. The Labute approximate surface area is 124 Å². The summed E-state index contributed by atoms with van der Waals surface area (Å²) in [7, 11) is 0. The molecule has 0 aliphatic rings. The van der Waals surface area contributed by atoms with E-state index >= 15 is 0 Å². The van der Waals surface area contributed by atoms with Crippen LogP contribution in [0.25, 0.3) is 0 Å². The number of benzene rings is 2. The summed E-state index contributed by atoms with van der Waals surface area (Å²) in [5.74, 6) is -0.909. The van der Waals surface area contributed by atoms with Gasteiger partial charge >= 0.3 is 6.18 Å². The monoisotopic (exact) mass is 317 g/mol. The summed E-state index contributed by atoms with van der Waals surface area (Å²) in [6, 6.07) is 7.70. The van der Waals surface area contributed by atoms with Crippen LogP contribution in [-0.2, 0) is 12.7 Å². The molecule has 0 radical (unpaired) electrons. The Kier molecular flexibility index (Phi) is 4.42. The van der Waals surface area contributed by atoms with Crippen molar-refractivity contribution in [1.29, 1.82) is 0 Å². The second-order valence-electron chi connectivity index (χ2n) is 4.61. The summed E-state index contributed by atoms with van der Waals surface area (Å²) in [4.78, 5) is 0. The first-order valence-corrected chi connectivity index (χ1v) is 6.51. The Morgan fingerprint density at radius 3 is 2.43 bits per heavy atom. The van der Waals surface area contributed by atoms with Crippen LogP contribution < -0.4 is 5.32 Å². The first-order valence-electron chi connectivity index (χ1n) is 6.13. The minimum Gasteiger partial charge on any atom is -0.381 e. The van der Waals surface area contributed by atoms with Gasteiger partial charge in [-0.1, -0.05) is 17.7 Å². The molecule has 112 valence electrons. The van der Waals surface area contributed by atoms with Crippen molar-refractivity contribution in [2.24, 2.45) is 0 Å². The Bertz CT molecular complexity index is 653. The number of hydrogen-bond acceptors (Lipinski definition) is 1. The summed E-state index contributed by atoms with van der Waals surface area (Å²) >= 11 is 5.82. The maximum absolute atomic E-state index is 13.0. The third kappa shape index (κ3) is 3.88. The van der Waals surface area contributed by atoms with Crippen molar-refractivity contribution < 1.29 is 17.6 Å². The molecular weight excluding hydrogens is 306 g/mol. The lowest BCUT2D eigenvalue weighted by Gasteiger charge is -2.15. The smallest absolute Gasteiger partial charge is 0.381 e. The van der Waals surface area contributed by atoms with Crippen LogP contribution >= 0.6 is 11.6 Å². The van der Waals surface area contributed by atoms with E-state index in [-0.39, 0.29) is 12.1 Å². The van der Waals surface area contributed by atoms with Crippen molar-refractivity contribution in [3.05, 3.63) is 63.9 Å². The number of anilines is 1. The quantitative estimate of drug-likeness (QED) is 0.745. The molecule has 0 bridgehead atoms. The lowest BCUT2D eigenvalue weighted by atomic mass is 10.1. The van der Waals surface area contributed by atoms with Crippen LogP contribution in [-0.4, -0.2) is 0 Å². The van der Waals surface area contributed by atoms with Crippen LogP contribution in [0.3, 0.4) is 0 Å². The Balaban J connectivity index is 2.24. The zero-order chi connectivity index (χ0) is 15.6. The second kappa shape index (κ2) is 5.93. The Morgan fingerprint density at radius 2 is 1.81 bits per heavy atom.